The number of hydrogen-bond acceptors (Lipinski definition) is 5. The van der Waals surface area contributed by atoms with Gasteiger partial charge in [-0.25, -0.2) is 4.98 Å². The first-order valence-electron chi connectivity index (χ1n) is 7.10. The van der Waals surface area contributed by atoms with Crippen molar-refractivity contribution in [3.8, 4) is 6.07 Å². The highest BCUT2D eigenvalue weighted by atomic mass is 16.4. The van der Waals surface area contributed by atoms with Crippen LogP contribution in [0.25, 0.3) is 0 Å². The van der Waals surface area contributed by atoms with Crippen LogP contribution < -0.4 is 4.90 Å². The third-order valence-corrected chi connectivity index (χ3v) is 3.84. The van der Waals surface area contributed by atoms with E-state index >= 15 is 0 Å². The zero-order chi connectivity index (χ0) is 15.4. The first-order chi connectivity index (χ1) is 10.0. The Morgan fingerprint density at radius 2 is 2.29 bits per heavy atom. The largest absolute Gasteiger partial charge is 0.481 e. The average molecular weight is 288 g/mol. The van der Waals surface area contributed by atoms with Gasteiger partial charge in [0.15, 0.2) is 0 Å². The number of carbonyl (C=O) groups is 1. The molecule has 112 valence electrons. The van der Waals surface area contributed by atoms with E-state index in [1.807, 2.05) is 13.0 Å². The summed E-state index contributed by atoms with van der Waals surface area (Å²) in [5.41, 5.74) is 1.35. The van der Waals surface area contributed by atoms with Crippen LogP contribution in [0, 0.1) is 18.3 Å². The molecule has 1 N–H and O–H groups in total. The van der Waals surface area contributed by atoms with Crippen molar-refractivity contribution in [1.82, 2.24) is 9.88 Å². The molecule has 6 heteroatoms. The predicted molar refractivity (Wildman–Crippen MR) is 79.2 cm³/mol. The van der Waals surface area contributed by atoms with Crippen molar-refractivity contribution < 1.29 is 9.90 Å². The summed E-state index contributed by atoms with van der Waals surface area (Å²) in [7, 11) is 0. The third kappa shape index (κ3) is 3.70. The molecule has 0 saturated carbocycles. The van der Waals surface area contributed by atoms with Gasteiger partial charge in [0.05, 0.1) is 17.7 Å². The van der Waals surface area contributed by atoms with Crippen LogP contribution in [0.1, 0.15) is 24.6 Å². The van der Waals surface area contributed by atoms with Crippen LogP contribution in [0.5, 0.6) is 0 Å². The molecular formula is C15H20N4O2. The van der Waals surface area contributed by atoms with Crippen molar-refractivity contribution in [1.29, 1.82) is 5.26 Å². The maximum absolute atomic E-state index is 10.6. The Hall–Kier alpha value is -2.13. The standard InChI is InChI=1S/C15H20N4O2/c1-11-10-18(6-5-15(20)21)7-8-19(11)14-4-3-13(9-16)12(2)17-14/h3-4,11H,5-8,10H2,1-2H3,(H,20,21). The van der Waals surface area contributed by atoms with Crippen molar-refractivity contribution in [2.24, 2.45) is 0 Å². The molecule has 1 fully saturated rings. The van der Waals surface area contributed by atoms with E-state index in [-0.39, 0.29) is 12.5 Å². The predicted octanol–water partition coefficient (Wildman–Crippen LogP) is 1.25. The minimum atomic E-state index is -0.755. The molecule has 6 nitrogen and oxygen atoms in total. The SMILES string of the molecule is Cc1nc(N2CCN(CCC(=O)O)CC2C)ccc1C#N. The fourth-order valence-corrected chi connectivity index (χ4v) is 2.66. The number of carboxylic acid groups (broad SMARTS) is 1. The van der Waals surface area contributed by atoms with Gasteiger partial charge in [-0.05, 0) is 26.0 Å². The Morgan fingerprint density at radius 3 is 2.86 bits per heavy atom. The molecule has 0 amide bonds. The summed E-state index contributed by atoms with van der Waals surface area (Å²) in [5.74, 6) is 0.131. The number of pyridine rings is 1. The van der Waals surface area contributed by atoms with Gasteiger partial charge in [0.25, 0.3) is 0 Å². The van der Waals surface area contributed by atoms with E-state index in [0.29, 0.717) is 12.1 Å². The number of aliphatic carboxylic acids is 1. The van der Waals surface area contributed by atoms with Gasteiger partial charge in [0.1, 0.15) is 11.9 Å². The molecule has 21 heavy (non-hydrogen) atoms. The molecule has 1 aliphatic rings. The second kappa shape index (κ2) is 6.55. The van der Waals surface area contributed by atoms with Crippen molar-refractivity contribution in [2.45, 2.75) is 26.3 Å². The van der Waals surface area contributed by atoms with Crippen LogP contribution in [-0.2, 0) is 4.79 Å². The highest BCUT2D eigenvalue weighted by Crippen LogP contribution is 2.20. The molecule has 1 aliphatic heterocycles. The smallest absolute Gasteiger partial charge is 0.304 e. The molecule has 0 spiro atoms. The zero-order valence-electron chi connectivity index (χ0n) is 12.4. The van der Waals surface area contributed by atoms with Crippen LogP contribution in [0.15, 0.2) is 12.1 Å². The monoisotopic (exact) mass is 288 g/mol. The molecule has 2 heterocycles. The molecule has 1 aromatic rings. The lowest BCUT2D eigenvalue weighted by atomic mass is 10.1. The lowest BCUT2D eigenvalue weighted by Crippen LogP contribution is -2.52. The van der Waals surface area contributed by atoms with Crippen molar-refractivity contribution >= 4 is 11.8 Å². The second-order valence-electron chi connectivity index (χ2n) is 5.40. The van der Waals surface area contributed by atoms with Gasteiger partial charge in [-0.2, -0.15) is 5.26 Å². The van der Waals surface area contributed by atoms with E-state index in [9.17, 15) is 4.79 Å². The molecule has 0 aromatic carbocycles. The first kappa shape index (κ1) is 15.3. The quantitative estimate of drug-likeness (QED) is 0.898. The number of nitriles is 1. The minimum absolute atomic E-state index is 0.181. The van der Waals surface area contributed by atoms with Gasteiger partial charge in [-0.15, -0.1) is 0 Å². The van der Waals surface area contributed by atoms with E-state index in [4.69, 9.17) is 10.4 Å². The second-order valence-corrected chi connectivity index (χ2v) is 5.40. The van der Waals surface area contributed by atoms with Gasteiger partial charge < -0.3 is 10.0 Å². The molecular weight excluding hydrogens is 268 g/mol. The van der Waals surface area contributed by atoms with Crippen LogP contribution in [0.3, 0.4) is 0 Å². The number of carboxylic acids is 1. The number of anilines is 1. The average Bonchev–Trinajstić information content (AvgIpc) is 2.45. The summed E-state index contributed by atoms with van der Waals surface area (Å²) in [6.45, 7) is 7.02. The molecule has 0 bridgehead atoms. The number of nitrogens with zero attached hydrogens (tertiary/aromatic N) is 4. The molecule has 1 aromatic heterocycles. The van der Waals surface area contributed by atoms with Crippen LogP contribution >= 0.6 is 0 Å². The summed E-state index contributed by atoms with van der Waals surface area (Å²) >= 11 is 0. The number of hydrogen-bond donors (Lipinski definition) is 1. The third-order valence-electron chi connectivity index (χ3n) is 3.84. The Bertz CT molecular complexity index is 567. The molecule has 1 unspecified atom stereocenters. The van der Waals surface area contributed by atoms with Crippen LogP contribution in [-0.4, -0.2) is 53.2 Å². The van der Waals surface area contributed by atoms with Crippen molar-refractivity contribution in [3.05, 3.63) is 23.4 Å². The van der Waals surface area contributed by atoms with E-state index < -0.39 is 5.97 Å². The summed E-state index contributed by atoms with van der Waals surface area (Å²) in [4.78, 5) is 19.5. The normalized spacial score (nSPS) is 19.3. The van der Waals surface area contributed by atoms with Gasteiger partial charge in [0, 0.05) is 32.2 Å². The highest BCUT2D eigenvalue weighted by molar-refractivity contribution is 5.66. The molecule has 2 rings (SSSR count). The summed E-state index contributed by atoms with van der Waals surface area (Å²) in [5, 5.41) is 17.7. The lowest BCUT2D eigenvalue weighted by Gasteiger charge is -2.40. The fraction of sp³-hybridized carbons (Fsp3) is 0.533. The summed E-state index contributed by atoms with van der Waals surface area (Å²) in [6, 6.07) is 6.09. The number of aryl methyl sites for hydroxylation is 1. The molecule has 0 aliphatic carbocycles. The topological polar surface area (TPSA) is 80.5 Å². The highest BCUT2D eigenvalue weighted by Gasteiger charge is 2.25. The number of rotatable bonds is 4. The van der Waals surface area contributed by atoms with Crippen LogP contribution in [0.4, 0.5) is 5.82 Å². The van der Waals surface area contributed by atoms with E-state index in [1.54, 1.807) is 6.07 Å². The summed E-state index contributed by atoms with van der Waals surface area (Å²) < 4.78 is 0. The van der Waals surface area contributed by atoms with Gasteiger partial charge in [-0.3, -0.25) is 9.69 Å². The Labute approximate surface area is 124 Å². The Kier molecular flexibility index (Phi) is 4.76. The maximum Gasteiger partial charge on any atom is 0.304 e. The molecule has 1 atom stereocenters. The first-order valence-corrected chi connectivity index (χ1v) is 7.10. The van der Waals surface area contributed by atoms with Gasteiger partial charge >= 0.3 is 5.97 Å². The zero-order valence-corrected chi connectivity index (χ0v) is 12.4. The van der Waals surface area contributed by atoms with Crippen molar-refractivity contribution in [2.75, 3.05) is 31.1 Å². The Morgan fingerprint density at radius 1 is 1.52 bits per heavy atom. The van der Waals surface area contributed by atoms with E-state index in [1.165, 1.54) is 0 Å². The van der Waals surface area contributed by atoms with Gasteiger partial charge in [0.2, 0.25) is 0 Å². The van der Waals surface area contributed by atoms with Crippen LogP contribution in [0.2, 0.25) is 0 Å². The van der Waals surface area contributed by atoms with E-state index in [0.717, 1.165) is 31.1 Å². The lowest BCUT2D eigenvalue weighted by molar-refractivity contribution is -0.137. The fourth-order valence-electron chi connectivity index (χ4n) is 2.66. The van der Waals surface area contributed by atoms with E-state index in [2.05, 4.69) is 27.8 Å². The molecule has 0 radical (unpaired) electrons. The number of piperazine rings is 1. The summed E-state index contributed by atoms with van der Waals surface area (Å²) in [6.07, 6.45) is 0.181. The minimum Gasteiger partial charge on any atom is -0.481 e. The molecule has 1 saturated heterocycles. The maximum atomic E-state index is 10.6. The number of aromatic nitrogens is 1. The van der Waals surface area contributed by atoms with Crippen molar-refractivity contribution in [3.63, 3.8) is 0 Å². The van der Waals surface area contributed by atoms with Gasteiger partial charge in [-0.1, -0.05) is 0 Å². The Balaban J connectivity index is 2.02.